The molecule has 1 saturated carbocycles. The molecule has 5 rings (SSSR count). The topological polar surface area (TPSA) is 70.2 Å². The minimum absolute atomic E-state index is 0.159. The van der Waals surface area contributed by atoms with E-state index in [0.717, 1.165) is 72.5 Å². The molecule has 2 atom stereocenters. The van der Waals surface area contributed by atoms with Crippen molar-refractivity contribution >= 4 is 22.5 Å². The van der Waals surface area contributed by atoms with Crippen LogP contribution in [0.1, 0.15) is 77.9 Å². The fraction of sp³-hybridized carbons (Fsp3) is 0.464. The molecular formula is C28H31F4N5O. The molecule has 202 valence electrons. The fourth-order valence-corrected chi connectivity index (χ4v) is 5.11. The first-order valence-electron chi connectivity index (χ1n) is 13.0. The van der Waals surface area contributed by atoms with Gasteiger partial charge in [0.05, 0.1) is 34.1 Å². The number of rotatable bonds is 5. The molecule has 0 spiro atoms. The highest BCUT2D eigenvalue weighted by Crippen LogP contribution is 2.43. The smallest absolute Gasteiger partial charge is 0.369 e. The van der Waals surface area contributed by atoms with Crippen molar-refractivity contribution in [3.8, 4) is 0 Å². The molecule has 0 radical (unpaired) electrons. The minimum atomic E-state index is -4.83. The lowest BCUT2D eigenvalue weighted by Gasteiger charge is -2.27. The number of anilines is 1. The van der Waals surface area contributed by atoms with Crippen molar-refractivity contribution < 1.29 is 22.4 Å². The summed E-state index contributed by atoms with van der Waals surface area (Å²) in [6, 6.07) is 4.29. The normalized spacial score (nSPS) is 19.3. The van der Waals surface area contributed by atoms with Crippen molar-refractivity contribution in [3.05, 3.63) is 64.4 Å². The highest BCUT2D eigenvalue weighted by molar-refractivity contribution is 6.08. The number of aryl methyl sites for hydroxylation is 1. The monoisotopic (exact) mass is 529 g/mol. The molecule has 3 heterocycles. The van der Waals surface area contributed by atoms with Crippen LogP contribution in [0.3, 0.4) is 0 Å². The first-order chi connectivity index (χ1) is 18.0. The second kappa shape index (κ2) is 10.1. The third-order valence-electron chi connectivity index (χ3n) is 7.36. The van der Waals surface area contributed by atoms with Gasteiger partial charge in [-0.05, 0) is 63.8 Å². The van der Waals surface area contributed by atoms with E-state index in [0.29, 0.717) is 24.1 Å². The lowest BCUT2D eigenvalue weighted by Crippen LogP contribution is -2.33. The second-order valence-electron chi connectivity index (χ2n) is 10.4. The molecule has 3 aromatic rings. The second-order valence-corrected chi connectivity index (χ2v) is 10.4. The average Bonchev–Trinajstić information content (AvgIpc) is 3.71. The van der Waals surface area contributed by atoms with Crippen molar-refractivity contribution in [3.63, 3.8) is 0 Å². The molecule has 10 heteroatoms. The fourth-order valence-electron chi connectivity index (χ4n) is 5.11. The largest absolute Gasteiger partial charge is 0.419 e. The molecule has 6 nitrogen and oxygen atoms in total. The zero-order valence-corrected chi connectivity index (χ0v) is 21.6. The van der Waals surface area contributed by atoms with Crippen LogP contribution in [0.5, 0.6) is 0 Å². The highest BCUT2D eigenvalue weighted by Gasteiger charge is 2.35. The summed E-state index contributed by atoms with van der Waals surface area (Å²) in [5.41, 5.74) is 2.51. The molecule has 1 aliphatic heterocycles. The molecule has 1 amide bonds. The van der Waals surface area contributed by atoms with Gasteiger partial charge in [-0.1, -0.05) is 6.07 Å². The van der Waals surface area contributed by atoms with Crippen molar-refractivity contribution in [2.75, 3.05) is 24.5 Å². The highest BCUT2D eigenvalue weighted by atomic mass is 19.4. The summed E-state index contributed by atoms with van der Waals surface area (Å²) < 4.78 is 53.6. The molecule has 2 fully saturated rings. The number of nitrogens with one attached hydrogen (secondary N) is 2. The third kappa shape index (κ3) is 5.32. The van der Waals surface area contributed by atoms with E-state index in [9.17, 15) is 22.4 Å². The summed E-state index contributed by atoms with van der Waals surface area (Å²) >= 11 is 0. The van der Waals surface area contributed by atoms with Crippen LogP contribution >= 0.6 is 0 Å². The van der Waals surface area contributed by atoms with Gasteiger partial charge in [-0.15, -0.1) is 0 Å². The number of alkyl halides is 3. The van der Waals surface area contributed by atoms with Crippen molar-refractivity contribution in [1.82, 2.24) is 20.6 Å². The van der Waals surface area contributed by atoms with Gasteiger partial charge < -0.3 is 15.5 Å². The molecule has 0 unspecified atom stereocenters. The van der Waals surface area contributed by atoms with Crippen molar-refractivity contribution in [2.24, 2.45) is 0 Å². The lowest BCUT2D eigenvalue weighted by molar-refractivity contribution is -0.140. The van der Waals surface area contributed by atoms with Gasteiger partial charge in [0, 0.05) is 48.9 Å². The molecule has 1 aliphatic carbocycles. The van der Waals surface area contributed by atoms with Gasteiger partial charge >= 0.3 is 6.18 Å². The quantitative estimate of drug-likeness (QED) is 0.418. The molecule has 38 heavy (non-hydrogen) atoms. The molecule has 1 saturated heterocycles. The van der Waals surface area contributed by atoms with Crippen LogP contribution < -0.4 is 15.5 Å². The predicted octanol–water partition coefficient (Wildman–Crippen LogP) is 5.65. The summed E-state index contributed by atoms with van der Waals surface area (Å²) in [7, 11) is 0. The molecule has 2 aromatic heterocycles. The first-order valence-corrected chi connectivity index (χ1v) is 13.0. The number of aromatic nitrogens is 2. The Morgan fingerprint density at radius 2 is 1.95 bits per heavy atom. The summed E-state index contributed by atoms with van der Waals surface area (Å²) in [5.74, 6) is -1.43. The number of carbonyl (C=O) groups excluding carboxylic acids is 1. The Bertz CT molecular complexity index is 1370. The van der Waals surface area contributed by atoms with Crippen LogP contribution in [-0.2, 0) is 6.18 Å². The number of nitrogens with zero attached hydrogens (tertiary/aromatic N) is 3. The summed E-state index contributed by atoms with van der Waals surface area (Å²) in [6.07, 6.45) is -0.273. The van der Waals surface area contributed by atoms with Crippen LogP contribution in [0.25, 0.3) is 10.9 Å². The molecule has 1 aromatic carbocycles. The summed E-state index contributed by atoms with van der Waals surface area (Å²) in [5, 5.41) is 7.15. The number of fused-ring (bicyclic) bond motifs is 1. The minimum Gasteiger partial charge on any atom is -0.369 e. The van der Waals surface area contributed by atoms with E-state index in [1.54, 1.807) is 13.1 Å². The Morgan fingerprint density at radius 3 is 2.66 bits per heavy atom. The Hall–Kier alpha value is -3.27. The van der Waals surface area contributed by atoms with E-state index in [1.807, 2.05) is 13.0 Å². The number of amides is 1. The number of carbonyl (C=O) groups is 1. The van der Waals surface area contributed by atoms with Gasteiger partial charge in [0.15, 0.2) is 0 Å². The zero-order valence-electron chi connectivity index (χ0n) is 21.6. The van der Waals surface area contributed by atoms with Crippen LogP contribution in [0, 0.1) is 12.7 Å². The van der Waals surface area contributed by atoms with Gasteiger partial charge in [0.2, 0.25) is 0 Å². The predicted molar refractivity (Wildman–Crippen MR) is 138 cm³/mol. The average molecular weight is 530 g/mol. The molecule has 2 aliphatic rings. The number of hydrogen-bond donors (Lipinski definition) is 2. The van der Waals surface area contributed by atoms with Crippen molar-refractivity contribution in [1.29, 1.82) is 0 Å². The first kappa shape index (κ1) is 26.3. The van der Waals surface area contributed by atoms with Crippen molar-refractivity contribution in [2.45, 2.75) is 64.2 Å². The maximum Gasteiger partial charge on any atom is 0.419 e. The third-order valence-corrected chi connectivity index (χ3v) is 7.36. The van der Waals surface area contributed by atoms with E-state index in [1.165, 1.54) is 6.07 Å². The van der Waals surface area contributed by atoms with Gasteiger partial charge in [0.25, 0.3) is 5.91 Å². The Labute approximate surface area is 218 Å². The number of pyridine rings is 2. The number of hydrogen-bond acceptors (Lipinski definition) is 5. The van der Waals surface area contributed by atoms with Gasteiger partial charge in [-0.2, -0.15) is 13.2 Å². The lowest BCUT2D eigenvalue weighted by atomic mass is 10.0. The summed E-state index contributed by atoms with van der Waals surface area (Å²) in [4.78, 5) is 25.3. The maximum absolute atomic E-state index is 13.8. The number of halogens is 4. The maximum atomic E-state index is 13.8. The van der Waals surface area contributed by atoms with Gasteiger partial charge in [0.1, 0.15) is 5.82 Å². The SMILES string of the molecule is Cc1cc2c(N3CCN[C@H](C)CC3)c(C(=O)N[C@@H](C)c3ccc(F)c(C(F)(F)F)c3)cnc2c(C2CC2)n1. The Morgan fingerprint density at radius 1 is 1.18 bits per heavy atom. The van der Waals surface area contributed by atoms with E-state index in [-0.39, 0.29) is 5.56 Å². The summed E-state index contributed by atoms with van der Waals surface area (Å²) in [6.45, 7) is 7.81. The number of benzene rings is 1. The van der Waals surface area contributed by atoms with E-state index < -0.39 is 29.5 Å². The van der Waals surface area contributed by atoms with Crippen LogP contribution in [0.4, 0.5) is 23.2 Å². The molecule has 2 N–H and O–H groups in total. The van der Waals surface area contributed by atoms with Crippen LogP contribution in [0.15, 0.2) is 30.5 Å². The zero-order chi connectivity index (χ0) is 27.2. The molecule has 0 bridgehead atoms. The Kier molecular flexibility index (Phi) is 7.02. The molecular weight excluding hydrogens is 498 g/mol. The van der Waals surface area contributed by atoms with E-state index >= 15 is 0 Å². The standard InChI is InChI=1S/C28H31F4N5O/c1-15-8-10-37(11-9-33-15)26-20-12-16(2)35-24(18-4-5-18)25(20)34-14-21(26)27(38)36-17(3)19-6-7-23(29)22(13-19)28(30,31)32/h6-7,12-15,17-18,33H,4-5,8-11H2,1-3H3,(H,36,38)/t15-,17+/m1/s1. The van der Waals surface area contributed by atoms with E-state index in [2.05, 4.69) is 27.4 Å². The Balaban J connectivity index is 1.55. The van der Waals surface area contributed by atoms with Crippen LogP contribution in [-0.4, -0.2) is 41.6 Å². The van der Waals surface area contributed by atoms with Gasteiger partial charge in [-0.3, -0.25) is 14.8 Å². The van der Waals surface area contributed by atoms with Gasteiger partial charge in [-0.25, -0.2) is 4.39 Å². The van der Waals surface area contributed by atoms with Crippen LogP contribution in [0.2, 0.25) is 0 Å². The van der Waals surface area contributed by atoms with E-state index in [4.69, 9.17) is 4.98 Å².